The lowest BCUT2D eigenvalue weighted by Gasteiger charge is -2.27. The first-order valence-corrected chi connectivity index (χ1v) is 5.33. The van der Waals surface area contributed by atoms with Crippen LogP contribution in [0, 0.1) is 11.2 Å². The SMILES string of the molecule is CNc1ccc(C(C)C(C)(C)C)cc1F. The second-order valence-corrected chi connectivity index (χ2v) is 5.08. The smallest absolute Gasteiger partial charge is 0.146 e. The van der Waals surface area contributed by atoms with Gasteiger partial charge in [-0.25, -0.2) is 4.39 Å². The Morgan fingerprint density at radius 3 is 2.27 bits per heavy atom. The van der Waals surface area contributed by atoms with E-state index in [1.807, 2.05) is 6.07 Å². The summed E-state index contributed by atoms with van der Waals surface area (Å²) in [6.07, 6.45) is 0. The predicted molar refractivity (Wildman–Crippen MR) is 63.8 cm³/mol. The summed E-state index contributed by atoms with van der Waals surface area (Å²) >= 11 is 0. The summed E-state index contributed by atoms with van der Waals surface area (Å²) in [5.41, 5.74) is 1.77. The Labute approximate surface area is 91.7 Å². The van der Waals surface area contributed by atoms with Crippen LogP contribution in [0.3, 0.4) is 0 Å². The van der Waals surface area contributed by atoms with Crippen LogP contribution in [0.25, 0.3) is 0 Å². The fraction of sp³-hybridized carbons (Fsp3) is 0.538. The molecule has 0 heterocycles. The summed E-state index contributed by atoms with van der Waals surface area (Å²) in [5.74, 6) is 0.170. The molecule has 1 unspecified atom stereocenters. The highest BCUT2D eigenvalue weighted by molar-refractivity contribution is 5.46. The van der Waals surface area contributed by atoms with E-state index in [9.17, 15) is 4.39 Å². The molecule has 1 nitrogen and oxygen atoms in total. The van der Waals surface area contributed by atoms with Crippen LogP contribution >= 0.6 is 0 Å². The molecule has 1 atom stereocenters. The predicted octanol–water partition coefficient (Wildman–Crippen LogP) is 4.02. The molecule has 0 saturated carbocycles. The van der Waals surface area contributed by atoms with E-state index in [0.29, 0.717) is 11.6 Å². The topological polar surface area (TPSA) is 12.0 Å². The Bertz CT molecular complexity index is 339. The van der Waals surface area contributed by atoms with Gasteiger partial charge in [-0.2, -0.15) is 0 Å². The minimum Gasteiger partial charge on any atom is -0.386 e. The van der Waals surface area contributed by atoms with Crippen LogP contribution < -0.4 is 5.32 Å². The highest BCUT2D eigenvalue weighted by Crippen LogP contribution is 2.35. The van der Waals surface area contributed by atoms with Crippen molar-refractivity contribution in [3.8, 4) is 0 Å². The fourth-order valence-corrected chi connectivity index (χ4v) is 1.50. The van der Waals surface area contributed by atoms with Crippen molar-refractivity contribution in [3.63, 3.8) is 0 Å². The van der Waals surface area contributed by atoms with E-state index in [4.69, 9.17) is 0 Å². The Balaban J connectivity index is 3.02. The summed E-state index contributed by atoms with van der Waals surface area (Å²) in [6, 6.07) is 5.42. The van der Waals surface area contributed by atoms with Gasteiger partial charge >= 0.3 is 0 Å². The first-order valence-electron chi connectivity index (χ1n) is 5.33. The van der Waals surface area contributed by atoms with E-state index < -0.39 is 0 Å². The number of hydrogen-bond acceptors (Lipinski definition) is 1. The van der Waals surface area contributed by atoms with Gasteiger partial charge < -0.3 is 5.32 Å². The van der Waals surface area contributed by atoms with Crippen LogP contribution in [0.4, 0.5) is 10.1 Å². The van der Waals surface area contributed by atoms with Crippen molar-refractivity contribution in [3.05, 3.63) is 29.6 Å². The molecule has 0 aliphatic heterocycles. The molecule has 84 valence electrons. The van der Waals surface area contributed by atoms with E-state index in [1.165, 1.54) is 0 Å². The van der Waals surface area contributed by atoms with Crippen LogP contribution in [0.5, 0.6) is 0 Å². The Morgan fingerprint density at radius 2 is 1.87 bits per heavy atom. The summed E-state index contributed by atoms with van der Waals surface area (Å²) in [6.45, 7) is 8.64. The van der Waals surface area contributed by atoms with Gasteiger partial charge in [0.05, 0.1) is 5.69 Å². The molecule has 0 aliphatic carbocycles. The molecule has 1 rings (SSSR count). The lowest BCUT2D eigenvalue weighted by atomic mass is 9.78. The van der Waals surface area contributed by atoms with E-state index in [0.717, 1.165) is 5.56 Å². The summed E-state index contributed by atoms with van der Waals surface area (Å²) in [5, 5.41) is 2.83. The van der Waals surface area contributed by atoms with E-state index in [1.54, 1.807) is 19.2 Å². The molecule has 0 saturated heterocycles. The van der Waals surface area contributed by atoms with Gasteiger partial charge in [0.1, 0.15) is 5.82 Å². The van der Waals surface area contributed by atoms with Gasteiger partial charge in [-0.1, -0.05) is 33.8 Å². The lowest BCUT2D eigenvalue weighted by Crippen LogP contribution is -2.15. The van der Waals surface area contributed by atoms with Crippen molar-refractivity contribution >= 4 is 5.69 Å². The number of hydrogen-bond donors (Lipinski definition) is 1. The van der Waals surface area contributed by atoms with Crippen molar-refractivity contribution in [2.24, 2.45) is 5.41 Å². The number of anilines is 1. The van der Waals surface area contributed by atoms with E-state index in [-0.39, 0.29) is 11.2 Å². The number of rotatable bonds is 2. The van der Waals surface area contributed by atoms with Crippen molar-refractivity contribution in [1.82, 2.24) is 0 Å². The lowest BCUT2D eigenvalue weighted by molar-refractivity contribution is 0.339. The maximum Gasteiger partial charge on any atom is 0.146 e. The average Bonchev–Trinajstić information content (AvgIpc) is 2.15. The first kappa shape index (κ1) is 12.0. The van der Waals surface area contributed by atoms with Crippen LogP contribution in [-0.2, 0) is 0 Å². The van der Waals surface area contributed by atoms with Crippen molar-refractivity contribution in [1.29, 1.82) is 0 Å². The van der Waals surface area contributed by atoms with Crippen LogP contribution in [0.1, 0.15) is 39.2 Å². The Morgan fingerprint density at radius 1 is 1.27 bits per heavy atom. The summed E-state index contributed by atoms with van der Waals surface area (Å²) in [7, 11) is 1.73. The minimum atomic E-state index is -0.175. The zero-order valence-corrected chi connectivity index (χ0v) is 10.2. The van der Waals surface area contributed by atoms with Gasteiger partial charge in [0, 0.05) is 7.05 Å². The molecule has 0 aliphatic rings. The molecule has 1 aromatic carbocycles. The molecule has 0 spiro atoms. The molecule has 0 amide bonds. The van der Waals surface area contributed by atoms with Crippen molar-refractivity contribution < 1.29 is 4.39 Å². The Kier molecular flexibility index (Phi) is 3.38. The normalized spacial score (nSPS) is 13.7. The standard InChI is InChI=1S/C13H20FN/c1-9(13(2,3)4)10-6-7-12(15-5)11(14)8-10/h6-9,15H,1-5H3. The third kappa shape index (κ3) is 2.71. The number of benzene rings is 1. The second kappa shape index (κ2) is 4.21. The molecule has 0 bridgehead atoms. The molecular weight excluding hydrogens is 189 g/mol. The van der Waals surface area contributed by atoms with Gasteiger partial charge in [-0.3, -0.25) is 0 Å². The minimum absolute atomic E-state index is 0.160. The monoisotopic (exact) mass is 209 g/mol. The van der Waals surface area contributed by atoms with Crippen LogP contribution in [-0.4, -0.2) is 7.05 Å². The molecule has 1 N–H and O–H groups in total. The van der Waals surface area contributed by atoms with Crippen molar-refractivity contribution in [2.45, 2.75) is 33.6 Å². The van der Waals surface area contributed by atoms with Gasteiger partial charge in [0.15, 0.2) is 0 Å². The third-order valence-corrected chi connectivity index (χ3v) is 3.06. The zero-order valence-electron chi connectivity index (χ0n) is 10.2. The van der Waals surface area contributed by atoms with E-state index >= 15 is 0 Å². The van der Waals surface area contributed by atoms with E-state index in [2.05, 4.69) is 33.0 Å². The van der Waals surface area contributed by atoms with Gasteiger partial charge in [0.2, 0.25) is 0 Å². The zero-order chi connectivity index (χ0) is 11.6. The van der Waals surface area contributed by atoms with Crippen LogP contribution in [0.15, 0.2) is 18.2 Å². The number of nitrogens with one attached hydrogen (secondary N) is 1. The molecular formula is C13H20FN. The number of halogens is 1. The molecule has 2 heteroatoms. The second-order valence-electron chi connectivity index (χ2n) is 5.08. The van der Waals surface area contributed by atoms with Gasteiger partial charge in [0.25, 0.3) is 0 Å². The molecule has 0 radical (unpaired) electrons. The average molecular weight is 209 g/mol. The third-order valence-electron chi connectivity index (χ3n) is 3.06. The Hall–Kier alpha value is -1.05. The fourth-order valence-electron chi connectivity index (χ4n) is 1.50. The largest absolute Gasteiger partial charge is 0.386 e. The summed E-state index contributed by atoms with van der Waals surface area (Å²) in [4.78, 5) is 0. The first-order chi connectivity index (χ1) is 6.86. The van der Waals surface area contributed by atoms with Crippen molar-refractivity contribution in [2.75, 3.05) is 12.4 Å². The molecule has 0 fully saturated rings. The highest BCUT2D eigenvalue weighted by atomic mass is 19.1. The maximum atomic E-state index is 13.5. The molecule has 1 aromatic rings. The van der Waals surface area contributed by atoms with Gasteiger partial charge in [-0.05, 0) is 29.0 Å². The highest BCUT2D eigenvalue weighted by Gasteiger charge is 2.22. The summed E-state index contributed by atoms with van der Waals surface area (Å²) < 4.78 is 13.5. The molecule has 15 heavy (non-hydrogen) atoms. The maximum absolute atomic E-state index is 13.5. The quantitative estimate of drug-likeness (QED) is 0.775. The van der Waals surface area contributed by atoms with Gasteiger partial charge in [-0.15, -0.1) is 0 Å². The molecule has 0 aromatic heterocycles. The van der Waals surface area contributed by atoms with Crippen LogP contribution in [0.2, 0.25) is 0 Å².